The summed E-state index contributed by atoms with van der Waals surface area (Å²) in [6.07, 6.45) is 4.16. The zero-order valence-electron chi connectivity index (χ0n) is 9.59. The molecule has 1 saturated heterocycles. The van der Waals surface area contributed by atoms with Crippen LogP contribution in [0.2, 0.25) is 0 Å². The molecule has 1 aliphatic rings. The van der Waals surface area contributed by atoms with E-state index in [2.05, 4.69) is 24.2 Å². The molecule has 1 aromatic heterocycles. The van der Waals surface area contributed by atoms with Crippen molar-refractivity contribution in [3.63, 3.8) is 0 Å². The number of benzene rings is 1. The normalized spacial score (nSPS) is 18.8. The minimum atomic E-state index is 0.267. The molecule has 1 atom stereocenters. The lowest BCUT2D eigenvalue weighted by molar-refractivity contribution is 0.414. The minimum absolute atomic E-state index is 0.267. The molecule has 1 fully saturated rings. The van der Waals surface area contributed by atoms with Crippen LogP contribution in [0.25, 0.3) is 17.3 Å². The fourth-order valence-corrected chi connectivity index (χ4v) is 1.60. The van der Waals surface area contributed by atoms with E-state index in [0.717, 1.165) is 23.6 Å². The van der Waals surface area contributed by atoms with Gasteiger partial charge in [-0.25, -0.2) is 0 Å². The number of nitrogens with zero attached hydrogens (tertiary/aromatic N) is 1. The van der Waals surface area contributed by atoms with Gasteiger partial charge in [-0.2, -0.15) is 0 Å². The molecule has 0 amide bonds. The van der Waals surface area contributed by atoms with Gasteiger partial charge in [-0.3, -0.25) is 0 Å². The summed E-state index contributed by atoms with van der Waals surface area (Å²) < 4.78 is 10.3. The van der Waals surface area contributed by atoms with Crippen molar-refractivity contribution >= 4 is 6.08 Å². The van der Waals surface area contributed by atoms with Gasteiger partial charge in [0.05, 0.1) is 12.7 Å². The highest BCUT2D eigenvalue weighted by molar-refractivity contribution is 5.61. The van der Waals surface area contributed by atoms with E-state index in [1.54, 1.807) is 0 Å². The molecule has 86 valence electrons. The zero-order chi connectivity index (χ0) is 11.7. The SMILES string of the molecule is Cc1ccc(-c2cc(/C=C/C3CO3)on2)cc1. The van der Waals surface area contributed by atoms with Crippen LogP contribution in [0.1, 0.15) is 11.3 Å². The van der Waals surface area contributed by atoms with Gasteiger partial charge < -0.3 is 9.26 Å². The van der Waals surface area contributed by atoms with Gasteiger partial charge >= 0.3 is 0 Å². The summed E-state index contributed by atoms with van der Waals surface area (Å²) in [7, 11) is 0. The summed E-state index contributed by atoms with van der Waals surface area (Å²) in [5, 5.41) is 4.05. The second-order valence-electron chi connectivity index (χ2n) is 4.21. The molecule has 2 heterocycles. The third-order valence-electron chi connectivity index (χ3n) is 2.71. The molecule has 1 unspecified atom stereocenters. The van der Waals surface area contributed by atoms with Crippen LogP contribution in [-0.2, 0) is 4.74 Å². The second-order valence-corrected chi connectivity index (χ2v) is 4.21. The van der Waals surface area contributed by atoms with E-state index in [0.29, 0.717) is 0 Å². The summed E-state index contributed by atoms with van der Waals surface area (Å²) in [6.45, 7) is 2.88. The van der Waals surface area contributed by atoms with Gasteiger partial charge in [-0.15, -0.1) is 0 Å². The third-order valence-corrected chi connectivity index (χ3v) is 2.71. The first kappa shape index (κ1) is 10.3. The molecule has 3 rings (SSSR count). The van der Waals surface area contributed by atoms with Crippen LogP contribution < -0.4 is 0 Å². The molecular formula is C14H13NO2. The molecule has 0 N–H and O–H groups in total. The Kier molecular flexibility index (Phi) is 2.53. The van der Waals surface area contributed by atoms with E-state index in [1.807, 2.05) is 30.4 Å². The van der Waals surface area contributed by atoms with Gasteiger partial charge in [0.2, 0.25) is 0 Å². The number of hydrogen-bond donors (Lipinski definition) is 0. The first-order valence-corrected chi connectivity index (χ1v) is 5.65. The van der Waals surface area contributed by atoms with Gasteiger partial charge in [0.25, 0.3) is 0 Å². The van der Waals surface area contributed by atoms with E-state index < -0.39 is 0 Å². The number of aryl methyl sites for hydroxylation is 1. The highest BCUT2D eigenvalue weighted by atomic mass is 16.6. The Bertz CT molecular complexity index is 536. The molecule has 1 aromatic carbocycles. The molecule has 0 radical (unpaired) electrons. The lowest BCUT2D eigenvalue weighted by Gasteiger charge is -1.95. The van der Waals surface area contributed by atoms with Crippen molar-refractivity contribution < 1.29 is 9.26 Å². The maximum absolute atomic E-state index is 5.24. The number of rotatable bonds is 3. The second kappa shape index (κ2) is 4.18. The lowest BCUT2D eigenvalue weighted by atomic mass is 10.1. The first-order valence-electron chi connectivity index (χ1n) is 5.65. The standard InChI is InChI=1S/C14H13NO2/c1-10-2-4-11(5-3-10)14-8-12(17-15-14)6-7-13-9-16-13/h2-8,13H,9H2,1H3/b7-6+. The highest BCUT2D eigenvalue weighted by Gasteiger charge is 2.18. The topological polar surface area (TPSA) is 38.6 Å². The average molecular weight is 227 g/mol. The molecule has 0 spiro atoms. The Hall–Kier alpha value is -1.87. The Balaban J connectivity index is 1.81. The lowest BCUT2D eigenvalue weighted by Crippen LogP contribution is -1.77. The predicted octanol–water partition coefficient (Wildman–Crippen LogP) is 3.06. The van der Waals surface area contributed by atoms with E-state index in [-0.39, 0.29) is 6.10 Å². The van der Waals surface area contributed by atoms with Crippen LogP contribution in [0.3, 0.4) is 0 Å². The monoisotopic (exact) mass is 227 g/mol. The molecule has 3 nitrogen and oxygen atoms in total. The Morgan fingerprint density at radius 2 is 2.06 bits per heavy atom. The molecule has 3 heteroatoms. The smallest absolute Gasteiger partial charge is 0.160 e. The van der Waals surface area contributed by atoms with Crippen molar-refractivity contribution in [3.05, 3.63) is 47.7 Å². The van der Waals surface area contributed by atoms with Crippen LogP contribution in [0.5, 0.6) is 0 Å². The summed E-state index contributed by atoms with van der Waals surface area (Å²) in [4.78, 5) is 0. The largest absolute Gasteiger partial charge is 0.369 e. The molecular weight excluding hydrogens is 214 g/mol. The molecule has 0 aliphatic carbocycles. The van der Waals surface area contributed by atoms with Crippen molar-refractivity contribution in [2.24, 2.45) is 0 Å². The summed E-state index contributed by atoms with van der Waals surface area (Å²) in [5.41, 5.74) is 3.17. The fourth-order valence-electron chi connectivity index (χ4n) is 1.60. The summed E-state index contributed by atoms with van der Waals surface area (Å²) in [5.74, 6) is 0.760. The molecule has 0 saturated carbocycles. The van der Waals surface area contributed by atoms with Crippen LogP contribution in [0.4, 0.5) is 0 Å². The first-order chi connectivity index (χ1) is 8.31. The number of aromatic nitrogens is 1. The van der Waals surface area contributed by atoms with Crippen molar-refractivity contribution in [1.29, 1.82) is 0 Å². The number of hydrogen-bond acceptors (Lipinski definition) is 3. The third kappa shape index (κ3) is 2.45. The van der Waals surface area contributed by atoms with Gasteiger partial charge in [0.1, 0.15) is 5.69 Å². The van der Waals surface area contributed by atoms with Gasteiger partial charge in [-0.05, 0) is 19.1 Å². The van der Waals surface area contributed by atoms with Crippen LogP contribution in [0.15, 0.2) is 40.9 Å². The minimum Gasteiger partial charge on any atom is -0.369 e. The average Bonchev–Trinajstić information content (AvgIpc) is 3.06. The van der Waals surface area contributed by atoms with E-state index in [9.17, 15) is 0 Å². The molecule has 2 aromatic rings. The maximum Gasteiger partial charge on any atom is 0.160 e. The Morgan fingerprint density at radius 1 is 1.29 bits per heavy atom. The van der Waals surface area contributed by atoms with Gasteiger partial charge in [-0.1, -0.05) is 35.0 Å². The van der Waals surface area contributed by atoms with Crippen molar-refractivity contribution in [3.8, 4) is 11.3 Å². The molecule has 1 aliphatic heterocycles. The fraction of sp³-hybridized carbons (Fsp3) is 0.214. The van der Waals surface area contributed by atoms with E-state index in [1.165, 1.54) is 5.56 Å². The zero-order valence-corrected chi connectivity index (χ0v) is 9.59. The van der Waals surface area contributed by atoms with Crippen LogP contribution in [0, 0.1) is 6.92 Å². The van der Waals surface area contributed by atoms with Gasteiger partial charge in [0.15, 0.2) is 5.76 Å². The van der Waals surface area contributed by atoms with E-state index >= 15 is 0 Å². The Labute approximate surface area is 99.7 Å². The highest BCUT2D eigenvalue weighted by Crippen LogP contribution is 2.21. The predicted molar refractivity (Wildman–Crippen MR) is 65.5 cm³/mol. The quantitative estimate of drug-likeness (QED) is 0.756. The maximum atomic E-state index is 5.24. The summed E-state index contributed by atoms with van der Waals surface area (Å²) in [6, 6.07) is 10.2. The number of ether oxygens (including phenoxy) is 1. The van der Waals surface area contributed by atoms with Gasteiger partial charge in [0, 0.05) is 11.6 Å². The van der Waals surface area contributed by atoms with Crippen molar-refractivity contribution in [2.75, 3.05) is 6.61 Å². The van der Waals surface area contributed by atoms with Crippen LogP contribution in [-0.4, -0.2) is 17.9 Å². The van der Waals surface area contributed by atoms with Crippen molar-refractivity contribution in [2.45, 2.75) is 13.0 Å². The number of epoxide rings is 1. The van der Waals surface area contributed by atoms with Crippen molar-refractivity contribution in [1.82, 2.24) is 5.16 Å². The van der Waals surface area contributed by atoms with Crippen LogP contribution >= 0.6 is 0 Å². The van der Waals surface area contributed by atoms with E-state index in [4.69, 9.17) is 9.26 Å². The Morgan fingerprint density at radius 3 is 2.76 bits per heavy atom. The molecule has 17 heavy (non-hydrogen) atoms. The summed E-state index contributed by atoms with van der Waals surface area (Å²) >= 11 is 0. The molecule has 0 bridgehead atoms.